The van der Waals surface area contributed by atoms with Crippen LogP contribution in [0, 0.1) is 5.41 Å². The quantitative estimate of drug-likeness (QED) is 0.760. The van der Waals surface area contributed by atoms with Crippen molar-refractivity contribution in [3.8, 4) is 11.4 Å². The predicted molar refractivity (Wildman–Crippen MR) is 96.4 cm³/mol. The molecule has 5 heteroatoms. The van der Waals surface area contributed by atoms with Gasteiger partial charge in [0.05, 0.1) is 0 Å². The molecule has 1 spiro atoms. The molecular weight excluding hydrogens is 322 g/mol. The zero-order valence-electron chi connectivity index (χ0n) is 13.4. The number of benzene rings is 2. The van der Waals surface area contributed by atoms with Crippen LogP contribution in [0.4, 0.5) is 0 Å². The van der Waals surface area contributed by atoms with E-state index < -0.39 is 0 Å². The van der Waals surface area contributed by atoms with Crippen LogP contribution in [0.25, 0.3) is 22.2 Å². The van der Waals surface area contributed by atoms with Crippen LogP contribution >= 0.6 is 12.4 Å². The number of hydrogen-bond donors (Lipinski definition) is 1. The third-order valence-electron chi connectivity index (χ3n) is 5.56. The predicted octanol–water partition coefficient (Wildman–Crippen LogP) is 4.17. The molecule has 1 saturated heterocycles. The van der Waals surface area contributed by atoms with Crippen molar-refractivity contribution in [3.05, 3.63) is 48.4 Å². The maximum atomic E-state index is 5.64. The van der Waals surface area contributed by atoms with Gasteiger partial charge in [-0.1, -0.05) is 47.6 Å². The normalized spacial score (nSPS) is 21.6. The lowest BCUT2D eigenvalue weighted by Gasteiger charge is -2.22. The van der Waals surface area contributed by atoms with Crippen LogP contribution in [-0.4, -0.2) is 23.2 Å². The molecule has 3 aromatic rings. The Hall–Kier alpha value is -1.91. The maximum Gasteiger partial charge on any atom is 0.230 e. The first-order valence-corrected chi connectivity index (χ1v) is 8.38. The Labute approximate surface area is 147 Å². The van der Waals surface area contributed by atoms with Crippen molar-refractivity contribution in [2.45, 2.75) is 25.2 Å². The number of fused-ring (bicyclic) bond motifs is 1. The Morgan fingerprint density at radius 1 is 1.04 bits per heavy atom. The van der Waals surface area contributed by atoms with Gasteiger partial charge in [-0.2, -0.15) is 4.98 Å². The summed E-state index contributed by atoms with van der Waals surface area (Å²) in [6.07, 6.45) is 3.65. The lowest BCUT2D eigenvalue weighted by atomic mass is 9.92. The van der Waals surface area contributed by atoms with Crippen LogP contribution in [0.3, 0.4) is 0 Å². The van der Waals surface area contributed by atoms with Crippen molar-refractivity contribution in [1.29, 1.82) is 0 Å². The van der Waals surface area contributed by atoms with Crippen molar-refractivity contribution in [2.24, 2.45) is 5.41 Å². The molecule has 1 N–H and O–H groups in total. The Morgan fingerprint density at radius 3 is 2.71 bits per heavy atom. The Kier molecular flexibility index (Phi) is 3.82. The standard InChI is InChI=1S/C19H19N3O.ClH/c1-2-6-14-13(4-1)5-3-7-15(14)17-21-18(23-22-17)16-12-19(16)8-10-20-11-9-19;/h1-7,16,20H,8-12H2;1H. The fourth-order valence-corrected chi connectivity index (χ4v) is 4.08. The second-order valence-corrected chi connectivity index (χ2v) is 6.85. The smallest absolute Gasteiger partial charge is 0.230 e. The summed E-state index contributed by atoms with van der Waals surface area (Å²) in [5, 5.41) is 10.1. The van der Waals surface area contributed by atoms with E-state index in [9.17, 15) is 0 Å². The Bertz CT molecular complexity index is 864. The molecule has 2 aromatic carbocycles. The van der Waals surface area contributed by atoms with E-state index in [0.717, 1.165) is 24.5 Å². The summed E-state index contributed by atoms with van der Waals surface area (Å²) in [5.74, 6) is 2.00. The second kappa shape index (κ2) is 5.87. The molecule has 24 heavy (non-hydrogen) atoms. The topological polar surface area (TPSA) is 51.0 Å². The molecule has 0 bridgehead atoms. The van der Waals surface area contributed by atoms with Gasteiger partial charge in [-0.3, -0.25) is 0 Å². The van der Waals surface area contributed by atoms with Crippen LogP contribution in [0.5, 0.6) is 0 Å². The van der Waals surface area contributed by atoms with Crippen LogP contribution in [-0.2, 0) is 0 Å². The molecule has 2 heterocycles. The van der Waals surface area contributed by atoms with E-state index in [2.05, 4.69) is 52.9 Å². The fraction of sp³-hybridized carbons (Fsp3) is 0.368. The summed E-state index contributed by atoms with van der Waals surface area (Å²) in [7, 11) is 0. The van der Waals surface area contributed by atoms with E-state index in [1.54, 1.807) is 0 Å². The average Bonchev–Trinajstić information content (AvgIpc) is 3.08. The molecule has 1 aromatic heterocycles. The Morgan fingerprint density at radius 2 is 1.83 bits per heavy atom. The lowest BCUT2D eigenvalue weighted by molar-refractivity contribution is 0.311. The monoisotopic (exact) mass is 341 g/mol. The summed E-state index contributed by atoms with van der Waals surface area (Å²) in [4.78, 5) is 4.74. The van der Waals surface area contributed by atoms with E-state index in [-0.39, 0.29) is 12.4 Å². The van der Waals surface area contributed by atoms with Crippen LogP contribution in [0.15, 0.2) is 47.0 Å². The highest BCUT2D eigenvalue weighted by Gasteiger charge is 2.57. The molecule has 1 aliphatic heterocycles. The van der Waals surface area contributed by atoms with Gasteiger partial charge in [0.2, 0.25) is 11.7 Å². The third-order valence-corrected chi connectivity index (χ3v) is 5.56. The first-order valence-electron chi connectivity index (χ1n) is 8.38. The zero-order valence-corrected chi connectivity index (χ0v) is 14.2. The average molecular weight is 342 g/mol. The highest BCUT2D eigenvalue weighted by Crippen LogP contribution is 2.63. The van der Waals surface area contributed by atoms with Crippen molar-refractivity contribution in [2.75, 3.05) is 13.1 Å². The van der Waals surface area contributed by atoms with Gasteiger partial charge >= 0.3 is 0 Å². The van der Waals surface area contributed by atoms with Crippen molar-refractivity contribution >= 4 is 23.2 Å². The molecule has 2 aliphatic rings. The minimum absolute atomic E-state index is 0. The van der Waals surface area contributed by atoms with E-state index in [4.69, 9.17) is 9.51 Å². The van der Waals surface area contributed by atoms with Crippen LogP contribution in [0.2, 0.25) is 0 Å². The number of nitrogens with one attached hydrogen (secondary N) is 1. The van der Waals surface area contributed by atoms with E-state index in [0.29, 0.717) is 17.2 Å². The minimum Gasteiger partial charge on any atom is -0.339 e. The molecule has 1 aliphatic carbocycles. The van der Waals surface area contributed by atoms with Gasteiger partial charge < -0.3 is 9.84 Å². The third kappa shape index (κ3) is 2.41. The van der Waals surface area contributed by atoms with Gasteiger partial charge in [0.25, 0.3) is 0 Å². The largest absolute Gasteiger partial charge is 0.339 e. The number of piperidine rings is 1. The molecular formula is C19H20ClN3O. The van der Waals surface area contributed by atoms with Gasteiger partial charge in [-0.05, 0) is 48.5 Å². The maximum absolute atomic E-state index is 5.64. The number of aromatic nitrogens is 2. The summed E-state index contributed by atoms with van der Waals surface area (Å²) in [6.45, 7) is 2.22. The van der Waals surface area contributed by atoms with Gasteiger partial charge in [0, 0.05) is 11.5 Å². The SMILES string of the molecule is Cl.c1ccc2c(-c3noc(C4CC45CCNCC5)n3)cccc2c1. The first-order chi connectivity index (χ1) is 11.4. The van der Waals surface area contributed by atoms with Crippen molar-refractivity contribution in [1.82, 2.24) is 15.5 Å². The van der Waals surface area contributed by atoms with Crippen molar-refractivity contribution < 1.29 is 4.52 Å². The number of halogens is 1. The molecule has 5 rings (SSSR count). The number of hydrogen-bond acceptors (Lipinski definition) is 4. The molecule has 1 unspecified atom stereocenters. The molecule has 4 nitrogen and oxygen atoms in total. The van der Waals surface area contributed by atoms with Crippen LogP contribution < -0.4 is 5.32 Å². The summed E-state index contributed by atoms with van der Waals surface area (Å²) < 4.78 is 5.64. The number of rotatable bonds is 2. The van der Waals surface area contributed by atoms with E-state index >= 15 is 0 Å². The molecule has 0 amide bonds. The highest BCUT2D eigenvalue weighted by molar-refractivity contribution is 5.94. The van der Waals surface area contributed by atoms with Gasteiger partial charge in [-0.25, -0.2) is 0 Å². The summed E-state index contributed by atoms with van der Waals surface area (Å²) in [6, 6.07) is 14.6. The molecule has 2 fully saturated rings. The summed E-state index contributed by atoms with van der Waals surface area (Å²) >= 11 is 0. The van der Waals surface area contributed by atoms with Gasteiger partial charge in [0.15, 0.2) is 0 Å². The molecule has 0 radical (unpaired) electrons. The van der Waals surface area contributed by atoms with E-state index in [1.807, 2.05) is 0 Å². The minimum atomic E-state index is 0. The second-order valence-electron chi connectivity index (χ2n) is 6.85. The molecule has 1 atom stereocenters. The van der Waals surface area contributed by atoms with Crippen LogP contribution in [0.1, 0.15) is 31.1 Å². The van der Waals surface area contributed by atoms with Gasteiger partial charge in [0.1, 0.15) is 0 Å². The van der Waals surface area contributed by atoms with Gasteiger partial charge in [-0.15, -0.1) is 12.4 Å². The molecule has 1 saturated carbocycles. The van der Waals surface area contributed by atoms with E-state index in [1.165, 1.54) is 30.0 Å². The summed E-state index contributed by atoms with van der Waals surface area (Å²) in [5.41, 5.74) is 1.48. The molecule has 124 valence electrons. The number of nitrogens with zero attached hydrogens (tertiary/aromatic N) is 2. The lowest BCUT2D eigenvalue weighted by Crippen LogP contribution is -2.29. The zero-order chi connectivity index (χ0) is 15.3. The Balaban J connectivity index is 0.00000146. The van der Waals surface area contributed by atoms with Crippen molar-refractivity contribution in [3.63, 3.8) is 0 Å². The highest BCUT2D eigenvalue weighted by atomic mass is 35.5. The fourth-order valence-electron chi connectivity index (χ4n) is 4.08. The first kappa shape index (κ1) is 15.6.